The van der Waals surface area contributed by atoms with Crippen LogP contribution in [0.1, 0.15) is 41.0 Å². The third kappa shape index (κ3) is 4.25. The lowest BCUT2D eigenvalue weighted by Crippen LogP contribution is -2.17. The van der Waals surface area contributed by atoms with E-state index in [1.165, 1.54) is 11.1 Å². The molecule has 0 aliphatic rings. The van der Waals surface area contributed by atoms with Gasteiger partial charge in [0.05, 0.1) is 11.9 Å². The standard InChI is InChI=1S/C21H22N4O/c1-3-15-5-7-17(8-6-15)14-22-25-21(26)20-13-19(23-24-20)18-11-9-16(4-2)10-12-18/h5-14H,3-4H2,1-2H3,(H,23,24)(H,25,26)/b22-14+. The molecule has 5 nitrogen and oxygen atoms in total. The van der Waals surface area contributed by atoms with Gasteiger partial charge in [0.15, 0.2) is 0 Å². The lowest BCUT2D eigenvalue weighted by atomic mass is 10.1. The Morgan fingerprint density at radius 3 is 2.27 bits per heavy atom. The predicted molar refractivity (Wildman–Crippen MR) is 104 cm³/mol. The summed E-state index contributed by atoms with van der Waals surface area (Å²) in [7, 11) is 0. The molecule has 0 aliphatic carbocycles. The summed E-state index contributed by atoms with van der Waals surface area (Å²) in [6.45, 7) is 4.23. The molecule has 0 spiro atoms. The van der Waals surface area contributed by atoms with Gasteiger partial charge < -0.3 is 0 Å². The zero-order chi connectivity index (χ0) is 18.4. The highest BCUT2D eigenvalue weighted by Gasteiger charge is 2.10. The minimum absolute atomic E-state index is 0.324. The number of carbonyl (C=O) groups is 1. The summed E-state index contributed by atoms with van der Waals surface area (Å²) < 4.78 is 0. The van der Waals surface area contributed by atoms with E-state index in [0.29, 0.717) is 5.69 Å². The lowest BCUT2D eigenvalue weighted by molar-refractivity contribution is 0.0950. The minimum atomic E-state index is -0.324. The van der Waals surface area contributed by atoms with Crippen LogP contribution in [0.2, 0.25) is 0 Å². The van der Waals surface area contributed by atoms with Crippen molar-refractivity contribution in [3.8, 4) is 11.3 Å². The number of hydrazone groups is 1. The fourth-order valence-corrected chi connectivity index (χ4v) is 2.56. The number of amides is 1. The summed E-state index contributed by atoms with van der Waals surface area (Å²) in [5, 5.41) is 11.0. The molecule has 0 atom stereocenters. The first-order valence-electron chi connectivity index (χ1n) is 8.76. The van der Waals surface area contributed by atoms with Gasteiger partial charge in [-0.15, -0.1) is 0 Å². The SMILES string of the molecule is CCc1ccc(/C=N/NC(=O)c2cc(-c3ccc(CC)cc3)n[nH]2)cc1. The number of aromatic nitrogens is 2. The summed E-state index contributed by atoms with van der Waals surface area (Å²) in [6, 6.07) is 17.9. The van der Waals surface area contributed by atoms with Crippen LogP contribution < -0.4 is 5.43 Å². The molecule has 26 heavy (non-hydrogen) atoms. The van der Waals surface area contributed by atoms with E-state index in [-0.39, 0.29) is 5.91 Å². The number of benzene rings is 2. The van der Waals surface area contributed by atoms with Gasteiger partial charge in [0.25, 0.3) is 5.91 Å². The van der Waals surface area contributed by atoms with E-state index in [1.54, 1.807) is 12.3 Å². The Kier molecular flexibility index (Phi) is 5.59. The highest BCUT2D eigenvalue weighted by Crippen LogP contribution is 2.18. The van der Waals surface area contributed by atoms with Crippen LogP contribution in [0.3, 0.4) is 0 Å². The van der Waals surface area contributed by atoms with Gasteiger partial charge in [0.1, 0.15) is 5.69 Å². The third-order valence-electron chi connectivity index (χ3n) is 4.25. The quantitative estimate of drug-likeness (QED) is 0.524. The molecule has 2 aromatic carbocycles. The summed E-state index contributed by atoms with van der Waals surface area (Å²) in [6.07, 6.45) is 3.61. The Morgan fingerprint density at radius 1 is 1.04 bits per heavy atom. The van der Waals surface area contributed by atoms with E-state index >= 15 is 0 Å². The van der Waals surface area contributed by atoms with Crippen molar-refractivity contribution >= 4 is 12.1 Å². The van der Waals surface area contributed by atoms with Crippen molar-refractivity contribution in [2.24, 2.45) is 5.10 Å². The van der Waals surface area contributed by atoms with Crippen LogP contribution in [-0.2, 0) is 12.8 Å². The minimum Gasteiger partial charge on any atom is -0.272 e. The van der Waals surface area contributed by atoms with Crippen molar-refractivity contribution < 1.29 is 4.79 Å². The maximum absolute atomic E-state index is 12.2. The van der Waals surface area contributed by atoms with Gasteiger partial charge in [0.2, 0.25) is 0 Å². The monoisotopic (exact) mass is 346 g/mol. The van der Waals surface area contributed by atoms with Gasteiger partial charge in [-0.1, -0.05) is 62.4 Å². The number of nitrogens with zero attached hydrogens (tertiary/aromatic N) is 2. The van der Waals surface area contributed by atoms with E-state index in [2.05, 4.69) is 46.7 Å². The summed E-state index contributed by atoms with van der Waals surface area (Å²) >= 11 is 0. The van der Waals surface area contributed by atoms with E-state index < -0.39 is 0 Å². The van der Waals surface area contributed by atoms with Gasteiger partial charge in [-0.2, -0.15) is 10.2 Å². The van der Waals surface area contributed by atoms with Crippen LogP contribution in [0.4, 0.5) is 0 Å². The molecule has 0 unspecified atom stereocenters. The van der Waals surface area contributed by atoms with Crippen LogP contribution >= 0.6 is 0 Å². The highest BCUT2D eigenvalue weighted by atomic mass is 16.2. The summed E-state index contributed by atoms with van der Waals surface area (Å²) in [5.41, 5.74) is 8.06. The van der Waals surface area contributed by atoms with E-state index in [0.717, 1.165) is 29.7 Å². The molecule has 3 aromatic rings. The average Bonchev–Trinajstić information content (AvgIpc) is 3.19. The van der Waals surface area contributed by atoms with Crippen LogP contribution in [0, 0.1) is 0 Å². The van der Waals surface area contributed by atoms with Gasteiger partial charge >= 0.3 is 0 Å². The first kappa shape index (κ1) is 17.6. The molecule has 0 saturated heterocycles. The normalized spacial score (nSPS) is 11.0. The molecule has 0 radical (unpaired) electrons. The second-order valence-corrected chi connectivity index (χ2v) is 6.01. The van der Waals surface area contributed by atoms with Crippen LogP contribution in [-0.4, -0.2) is 22.3 Å². The molecule has 0 saturated carbocycles. The molecular weight excluding hydrogens is 324 g/mol. The fraction of sp³-hybridized carbons (Fsp3) is 0.190. The maximum atomic E-state index is 12.2. The van der Waals surface area contributed by atoms with Gasteiger partial charge in [-0.25, -0.2) is 5.43 Å². The number of hydrogen-bond acceptors (Lipinski definition) is 3. The van der Waals surface area contributed by atoms with E-state index in [1.807, 2.05) is 36.4 Å². The number of rotatable bonds is 6. The maximum Gasteiger partial charge on any atom is 0.289 e. The van der Waals surface area contributed by atoms with Crippen molar-refractivity contribution in [2.45, 2.75) is 26.7 Å². The van der Waals surface area contributed by atoms with Crippen molar-refractivity contribution in [3.05, 3.63) is 77.0 Å². The van der Waals surface area contributed by atoms with Crippen LogP contribution in [0.25, 0.3) is 11.3 Å². The number of nitrogens with one attached hydrogen (secondary N) is 2. The van der Waals surface area contributed by atoms with Crippen molar-refractivity contribution in [1.82, 2.24) is 15.6 Å². The molecule has 132 valence electrons. The molecule has 1 amide bonds. The smallest absolute Gasteiger partial charge is 0.272 e. The highest BCUT2D eigenvalue weighted by molar-refractivity contribution is 5.94. The molecule has 0 fully saturated rings. The number of carbonyl (C=O) groups excluding carboxylic acids is 1. The molecule has 5 heteroatoms. The Bertz CT molecular complexity index is 893. The first-order chi connectivity index (χ1) is 12.7. The first-order valence-corrected chi connectivity index (χ1v) is 8.76. The lowest BCUT2D eigenvalue weighted by Gasteiger charge is -1.99. The Labute approximate surface area is 153 Å². The van der Waals surface area contributed by atoms with Crippen molar-refractivity contribution in [2.75, 3.05) is 0 Å². The number of aryl methyl sites for hydroxylation is 2. The van der Waals surface area contributed by atoms with E-state index in [9.17, 15) is 4.79 Å². The second-order valence-electron chi connectivity index (χ2n) is 6.01. The summed E-state index contributed by atoms with van der Waals surface area (Å²) in [4.78, 5) is 12.2. The second kappa shape index (κ2) is 8.25. The number of H-pyrrole nitrogens is 1. The Hall–Kier alpha value is -3.21. The topological polar surface area (TPSA) is 70.1 Å². The van der Waals surface area contributed by atoms with Gasteiger partial charge in [-0.05, 0) is 35.6 Å². The zero-order valence-corrected chi connectivity index (χ0v) is 15.0. The van der Waals surface area contributed by atoms with Crippen LogP contribution in [0.5, 0.6) is 0 Å². The molecule has 0 aliphatic heterocycles. The molecular formula is C21H22N4O. The number of hydrogen-bond donors (Lipinski definition) is 2. The molecule has 1 aromatic heterocycles. The van der Waals surface area contributed by atoms with Crippen LogP contribution in [0.15, 0.2) is 59.7 Å². The molecule has 1 heterocycles. The van der Waals surface area contributed by atoms with Gasteiger partial charge in [-0.3, -0.25) is 9.89 Å². The van der Waals surface area contributed by atoms with Crippen molar-refractivity contribution in [1.29, 1.82) is 0 Å². The van der Waals surface area contributed by atoms with Crippen molar-refractivity contribution in [3.63, 3.8) is 0 Å². The molecule has 2 N–H and O–H groups in total. The Morgan fingerprint density at radius 2 is 1.65 bits per heavy atom. The Balaban J connectivity index is 1.62. The largest absolute Gasteiger partial charge is 0.289 e. The summed E-state index contributed by atoms with van der Waals surface area (Å²) in [5.74, 6) is -0.324. The van der Waals surface area contributed by atoms with E-state index in [4.69, 9.17) is 0 Å². The molecule has 3 rings (SSSR count). The number of aromatic amines is 1. The molecule has 0 bridgehead atoms. The van der Waals surface area contributed by atoms with Gasteiger partial charge in [0, 0.05) is 5.56 Å². The third-order valence-corrected chi connectivity index (χ3v) is 4.25. The zero-order valence-electron chi connectivity index (χ0n) is 15.0. The predicted octanol–water partition coefficient (Wildman–Crippen LogP) is 3.97. The fourth-order valence-electron chi connectivity index (χ4n) is 2.56. The average molecular weight is 346 g/mol.